The number of carboxylic acids is 1. The molecule has 0 unspecified atom stereocenters. The molecular weight excluding hydrogens is 228 g/mol. The summed E-state index contributed by atoms with van der Waals surface area (Å²) in [6.07, 6.45) is 0. The zero-order valence-corrected chi connectivity index (χ0v) is 9.77. The molecule has 17 heavy (non-hydrogen) atoms. The summed E-state index contributed by atoms with van der Waals surface area (Å²) in [5.74, 6) is -0.401. The molecule has 1 rings (SSSR count). The van der Waals surface area contributed by atoms with Gasteiger partial charge in [-0.3, -0.25) is 0 Å². The third kappa shape index (κ3) is 3.74. The summed E-state index contributed by atoms with van der Waals surface area (Å²) in [5, 5.41) is 17.1. The Kier molecular flexibility index (Phi) is 3.66. The second kappa shape index (κ2) is 4.81. The molecule has 3 N–H and O–H groups in total. The first-order valence-electron chi connectivity index (χ1n) is 4.90. The number of nitrogens with one attached hydrogen (secondary N) is 2. The van der Waals surface area contributed by atoms with Crippen LogP contribution >= 0.6 is 0 Å². The number of carbonyl (C=O) groups excluding carboxylic acids is 1. The van der Waals surface area contributed by atoms with E-state index in [0.29, 0.717) is 11.7 Å². The van der Waals surface area contributed by atoms with Gasteiger partial charge < -0.3 is 20.3 Å². The molecule has 8 nitrogen and oxygen atoms in total. The van der Waals surface area contributed by atoms with Crippen LogP contribution in [-0.4, -0.2) is 32.8 Å². The summed E-state index contributed by atoms with van der Waals surface area (Å²) < 4.78 is 4.71. The van der Waals surface area contributed by atoms with Crippen LogP contribution in [0.25, 0.3) is 0 Å². The SMILES string of the molecule is Cc1nc(CNC(=O)NC(C)(C)C(=O)O)no1. The fourth-order valence-electron chi connectivity index (χ4n) is 0.954. The second-order valence-electron chi connectivity index (χ2n) is 3.97. The lowest BCUT2D eigenvalue weighted by atomic mass is 10.1. The van der Waals surface area contributed by atoms with Gasteiger partial charge in [0.25, 0.3) is 0 Å². The van der Waals surface area contributed by atoms with E-state index in [1.165, 1.54) is 13.8 Å². The largest absolute Gasteiger partial charge is 0.480 e. The average Bonchev–Trinajstić information content (AvgIpc) is 2.60. The van der Waals surface area contributed by atoms with Crippen LogP contribution in [0.3, 0.4) is 0 Å². The van der Waals surface area contributed by atoms with Crippen molar-refractivity contribution in [2.75, 3.05) is 0 Å². The summed E-state index contributed by atoms with van der Waals surface area (Å²) in [4.78, 5) is 26.0. The van der Waals surface area contributed by atoms with Crippen molar-refractivity contribution in [2.24, 2.45) is 0 Å². The van der Waals surface area contributed by atoms with Gasteiger partial charge in [-0.25, -0.2) is 9.59 Å². The van der Waals surface area contributed by atoms with Crippen LogP contribution in [0.4, 0.5) is 4.79 Å². The Balaban J connectivity index is 2.43. The van der Waals surface area contributed by atoms with E-state index in [1.807, 2.05) is 0 Å². The summed E-state index contributed by atoms with van der Waals surface area (Å²) >= 11 is 0. The highest BCUT2D eigenvalue weighted by Gasteiger charge is 2.28. The van der Waals surface area contributed by atoms with Gasteiger partial charge in [0.15, 0.2) is 5.82 Å². The van der Waals surface area contributed by atoms with Crippen molar-refractivity contribution < 1.29 is 19.2 Å². The topological polar surface area (TPSA) is 117 Å². The molecule has 1 aromatic rings. The number of nitrogens with zero attached hydrogens (tertiary/aromatic N) is 2. The highest BCUT2D eigenvalue weighted by atomic mass is 16.5. The molecule has 2 amide bonds. The van der Waals surface area contributed by atoms with Gasteiger partial charge in [-0.2, -0.15) is 4.98 Å². The second-order valence-corrected chi connectivity index (χ2v) is 3.97. The number of rotatable bonds is 4. The van der Waals surface area contributed by atoms with Crippen LogP contribution in [-0.2, 0) is 11.3 Å². The van der Waals surface area contributed by atoms with Crippen LogP contribution < -0.4 is 10.6 Å². The highest BCUT2D eigenvalue weighted by molar-refractivity contribution is 5.85. The van der Waals surface area contributed by atoms with E-state index in [1.54, 1.807) is 6.92 Å². The average molecular weight is 242 g/mol. The fraction of sp³-hybridized carbons (Fsp3) is 0.556. The number of amides is 2. The zero-order valence-electron chi connectivity index (χ0n) is 9.77. The Morgan fingerprint density at radius 3 is 2.59 bits per heavy atom. The minimum absolute atomic E-state index is 0.0683. The molecule has 0 aliphatic carbocycles. The lowest BCUT2D eigenvalue weighted by Crippen LogP contribution is -2.53. The van der Waals surface area contributed by atoms with Crippen molar-refractivity contribution in [1.29, 1.82) is 0 Å². The molecule has 0 saturated heterocycles. The summed E-state index contributed by atoms with van der Waals surface area (Å²) in [7, 11) is 0. The Labute approximate surface area is 97.4 Å². The van der Waals surface area contributed by atoms with Gasteiger partial charge in [-0.15, -0.1) is 0 Å². The van der Waals surface area contributed by atoms with Gasteiger partial charge >= 0.3 is 12.0 Å². The van der Waals surface area contributed by atoms with E-state index in [0.717, 1.165) is 0 Å². The van der Waals surface area contributed by atoms with Crippen molar-refractivity contribution in [1.82, 2.24) is 20.8 Å². The van der Waals surface area contributed by atoms with E-state index in [4.69, 9.17) is 9.63 Å². The monoisotopic (exact) mass is 242 g/mol. The Bertz CT molecular complexity index is 426. The van der Waals surface area contributed by atoms with Crippen molar-refractivity contribution >= 4 is 12.0 Å². The van der Waals surface area contributed by atoms with Crippen molar-refractivity contribution in [3.63, 3.8) is 0 Å². The van der Waals surface area contributed by atoms with Gasteiger partial charge in [0.05, 0.1) is 6.54 Å². The molecule has 0 saturated carbocycles. The first kappa shape index (κ1) is 12.9. The smallest absolute Gasteiger partial charge is 0.328 e. The number of hydrogen-bond acceptors (Lipinski definition) is 5. The van der Waals surface area contributed by atoms with E-state index < -0.39 is 17.5 Å². The third-order valence-corrected chi connectivity index (χ3v) is 1.94. The zero-order chi connectivity index (χ0) is 13.1. The van der Waals surface area contributed by atoms with Crippen LogP contribution in [0.2, 0.25) is 0 Å². The molecule has 1 aromatic heterocycles. The first-order valence-corrected chi connectivity index (χ1v) is 4.90. The maximum atomic E-state index is 11.4. The van der Waals surface area contributed by atoms with Crippen molar-refractivity contribution in [2.45, 2.75) is 32.9 Å². The van der Waals surface area contributed by atoms with Gasteiger partial charge in [0.1, 0.15) is 5.54 Å². The van der Waals surface area contributed by atoms with Gasteiger partial charge in [0.2, 0.25) is 5.89 Å². The number of carboxylic acid groups (broad SMARTS) is 1. The normalized spacial score (nSPS) is 11.0. The predicted molar refractivity (Wildman–Crippen MR) is 56.1 cm³/mol. The molecule has 0 bridgehead atoms. The minimum atomic E-state index is -1.34. The molecule has 0 spiro atoms. The molecule has 0 atom stereocenters. The van der Waals surface area contributed by atoms with Gasteiger partial charge in [-0.1, -0.05) is 5.16 Å². The maximum absolute atomic E-state index is 11.4. The fourth-order valence-corrected chi connectivity index (χ4v) is 0.954. The van der Waals surface area contributed by atoms with E-state index >= 15 is 0 Å². The molecule has 0 radical (unpaired) electrons. The minimum Gasteiger partial charge on any atom is -0.480 e. The molecule has 8 heteroatoms. The number of aliphatic carboxylic acids is 1. The van der Waals surface area contributed by atoms with E-state index in [2.05, 4.69) is 20.8 Å². The summed E-state index contributed by atoms with van der Waals surface area (Å²) in [5.41, 5.74) is -1.34. The third-order valence-electron chi connectivity index (χ3n) is 1.94. The van der Waals surface area contributed by atoms with Crippen LogP contribution in [0.15, 0.2) is 4.52 Å². The molecule has 0 aliphatic heterocycles. The Morgan fingerprint density at radius 1 is 1.47 bits per heavy atom. The van der Waals surface area contributed by atoms with Crippen molar-refractivity contribution in [3.05, 3.63) is 11.7 Å². The number of aromatic nitrogens is 2. The van der Waals surface area contributed by atoms with Crippen LogP contribution in [0, 0.1) is 6.92 Å². The standard InChI is InChI=1S/C9H14N4O4/c1-5-11-6(13-17-5)4-10-8(16)12-9(2,3)7(14)15/h4H2,1-3H3,(H,14,15)(H2,10,12,16). The Hall–Kier alpha value is -2.12. The number of urea groups is 1. The summed E-state index contributed by atoms with van der Waals surface area (Å²) in [6, 6.07) is -0.611. The lowest BCUT2D eigenvalue weighted by molar-refractivity contribution is -0.142. The molecule has 1 heterocycles. The van der Waals surface area contributed by atoms with Crippen LogP contribution in [0.1, 0.15) is 25.6 Å². The first-order chi connectivity index (χ1) is 7.81. The molecular formula is C9H14N4O4. The molecule has 0 aliphatic rings. The van der Waals surface area contributed by atoms with Crippen molar-refractivity contribution in [3.8, 4) is 0 Å². The number of hydrogen-bond donors (Lipinski definition) is 3. The molecule has 94 valence electrons. The quantitative estimate of drug-likeness (QED) is 0.686. The maximum Gasteiger partial charge on any atom is 0.328 e. The number of aryl methyl sites for hydroxylation is 1. The highest BCUT2D eigenvalue weighted by Crippen LogP contribution is 2.01. The van der Waals surface area contributed by atoms with E-state index in [-0.39, 0.29) is 6.54 Å². The van der Waals surface area contributed by atoms with Crippen LogP contribution in [0.5, 0.6) is 0 Å². The molecule has 0 fully saturated rings. The lowest BCUT2D eigenvalue weighted by Gasteiger charge is -2.20. The predicted octanol–water partition coefficient (Wildman–Crippen LogP) is 0.0404. The van der Waals surface area contributed by atoms with Gasteiger partial charge in [0, 0.05) is 6.92 Å². The van der Waals surface area contributed by atoms with Gasteiger partial charge in [-0.05, 0) is 13.8 Å². The number of carbonyl (C=O) groups is 2. The molecule has 0 aromatic carbocycles. The summed E-state index contributed by atoms with van der Waals surface area (Å²) in [6.45, 7) is 4.46. The van der Waals surface area contributed by atoms with E-state index in [9.17, 15) is 9.59 Å². The Morgan fingerprint density at radius 2 is 2.12 bits per heavy atom.